The van der Waals surface area contributed by atoms with Crippen molar-refractivity contribution in [3.05, 3.63) is 0 Å². The Kier molecular flexibility index (Phi) is 10.6. The van der Waals surface area contributed by atoms with E-state index in [1.165, 1.54) is 15.0 Å². The lowest BCUT2D eigenvalue weighted by molar-refractivity contribution is -0.155. The Hall–Kier alpha value is -1.35. The Morgan fingerprint density at radius 2 is 2.00 bits per heavy atom. The van der Waals surface area contributed by atoms with Gasteiger partial charge in [0.25, 0.3) is 0 Å². The topological polar surface area (TPSA) is 106 Å². The lowest BCUT2D eigenvalue weighted by atomic mass is 9.73. The number of nitrogens with one attached hydrogen (secondary N) is 2. The van der Waals surface area contributed by atoms with Crippen LogP contribution in [0.4, 0.5) is 0 Å². The van der Waals surface area contributed by atoms with Crippen LogP contribution in [0.1, 0.15) is 33.1 Å². The Morgan fingerprint density at radius 3 is 2.46 bits per heavy atom. The Morgan fingerprint density at radius 1 is 1.38 bits per heavy atom. The molecule has 0 heterocycles. The molecule has 0 fully saturated rings. The molecule has 0 bridgehead atoms. The molecule has 24 heavy (non-hydrogen) atoms. The maximum atomic E-state index is 12.4. The van der Waals surface area contributed by atoms with Crippen LogP contribution < -0.4 is 5.32 Å². The second-order valence-electron chi connectivity index (χ2n) is 5.89. The summed E-state index contributed by atoms with van der Waals surface area (Å²) in [6.07, 6.45) is 2.14. The monoisotopic (exact) mass is 358 g/mol. The molecule has 1 unspecified atom stereocenters. The number of hydrogen-bond acceptors (Lipinski definition) is 7. The molecule has 0 saturated carbocycles. The molecule has 1 amide bonds. The van der Waals surface area contributed by atoms with Crippen LogP contribution in [0, 0.1) is 5.41 Å². The fraction of sp³-hybridized carbons (Fsp3) is 0.733. The number of Topliss-reactive ketones (excluding diaryl/α,β-unsaturated/α-hetero) is 1. The van der Waals surface area contributed by atoms with Gasteiger partial charge in [-0.3, -0.25) is 14.4 Å². The average Bonchev–Trinajstić information content (AvgIpc) is 2.52. The van der Waals surface area contributed by atoms with Crippen molar-refractivity contribution in [1.82, 2.24) is 5.32 Å². The highest BCUT2D eigenvalue weighted by Gasteiger charge is 2.38. The van der Waals surface area contributed by atoms with E-state index in [-0.39, 0.29) is 18.9 Å². The van der Waals surface area contributed by atoms with Crippen LogP contribution in [0.3, 0.4) is 0 Å². The van der Waals surface area contributed by atoms with E-state index in [0.717, 1.165) is 5.75 Å². The molecule has 0 aliphatic carbocycles. The molecule has 0 spiro atoms. The van der Waals surface area contributed by atoms with Crippen molar-refractivity contribution in [3.8, 4) is 0 Å². The van der Waals surface area contributed by atoms with E-state index in [4.69, 9.17) is 14.9 Å². The van der Waals surface area contributed by atoms with Crippen LogP contribution in [0.25, 0.3) is 0 Å². The molecule has 2 N–H and O–H groups in total. The van der Waals surface area contributed by atoms with Gasteiger partial charge in [0.05, 0.1) is 12.3 Å². The van der Waals surface area contributed by atoms with Gasteiger partial charge in [-0.1, -0.05) is 0 Å². The van der Waals surface area contributed by atoms with E-state index in [1.807, 2.05) is 6.26 Å². The van der Waals surface area contributed by atoms with Gasteiger partial charge in [0.2, 0.25) is 5.91 Å². The standard InChI is InChI=1S/C15H27BN2O5S/c1-10(2)23-14(21)15(16,7-5-11(19)9-17)18-13(20)12(22-3)6-8-24-4/h9-10,12,17H,5-8,16H2,1-4H3,(H,18,20)/t12-,15?/m0/s1. The third-order valence-electron chi connectivity index (χ3n) is 3.39. The molecule has 2 atom stereocenters. The average molecular weight is 358 g/mol. The number of ketones is 1. The van der Waals surface area contributed by atoms with Crippen molar-refractivity contribution < 1.29 is 23.9 Å². The number of hydrogen-bond donors (Lipinski definition) is 2. The van der Waals surface area contributed by atoms with Gasteiger partial charge in [-0.2, -0.15) is 11.8 Å². The quantitative estimate of drug-likeness (QED) is 0.292. The summed E-state index contributed by atoms with van der Waals surface area (Å²) >= 11 is 1.59. The van der Waals surface area contributed by atoms with Crippen LogP contribution in [-0.4, -0.2) is 68.5 Å². The third kappa shape index (κ3) is 7.96. The highest BCUT2D eigenvalue weighted by molar-refractivity contribution is 7.98. The molecule has 0 aliphatic heterocycles. The number of rotatable bonds is 12. The number of esters is 1. The number of amides is 1. The first kappa shape index (κ1) is 22.7. The van der Waals surface area contributed by atoms with E-state index in [0.29, 0.717) is 12.6 Å². The fourth-order valence-corrected chi connectivity index (χ4v) is 2.39. The fourth-order valence-electron chi connectivity index (χ4n) is 1.94. The van der Waals surface area contributed by atoms with Gasteiger partial charge in [0, 0.05) is 13.5 Å². The molecule has 0 saturated heterocycles. The number of ether oxygens (including phenoxy) is 2. The minimum absolute atomic E-state index is 0.0318. The summed E-state index contributed by atoms with van der Waals surface area (Å²) in [6, 6.07) is 0. The first-order valence-electron chi connectivity index (χ1n) is 7.78. The maximum Gasteiger partial charge on any atom is 0.322 e. The molecule has 9 heteroatoms. The van der Waals surface area contributed by atoms with E-state index in [2.05, 4.69) is 5.32 Å². The van der Waals surface area contributed by atoms with Crippen LogP contribution in [0.2, 0.25) is 0 Å². The summed E-state index contributed by atoms with van der Waals surface area (Å²) in [5, 5.41) is 9.61. The van der Waals surface area contributed by atoms with Gasteiger partial charge in [-0.25, -0.2) is 0 Å². The van der Waals surface area contributed by atoms with E-state index < -0.39 is 29.2 Å². The smallest absolute Gasteiger partial charge is 0.322 e. The van der Waals surface area contributed by atoms with Gasteiger partial charge in [-0.05, 0) is 38.7 Å². The van der Waals surface area contributed by atoms with Crippen molar-refractivity contribution in [3.63, 3.8) is 0 Å². The molecular weight excluding hydrogens is 331 g/mol. The molecule has 0 aromatic heterocycles. The van der Waals surface area contributed by atoms with E-state index >= 15 is 0 Å². The van der Waals surface area contributed by atoms with Gasteiger partial charge in [0.1, 0.15) is 19.4 Å². The molecule has 0 radical (unpaired) electrons. The van der Waals surface area contributed by atoms with Crippen LogP contribution in [0.15, 0.2) is 0 Å². The zero-order valence-corrected chi connectivity index (χ0v) is 15.8. The van der Waals surface area contributed by atoms with Crippen molar-refractivity contribution in [2.45, 2.75) is 50.8 Å². The third-order valence-corrected chi connectivity index (χ3v) is 4.03. The first-order valence-corrected chi connectivity index (χ1v) is 9.17. The van der Waals surface area contributed by atoms with Crippen LogP contribution in [-0.2, 0) is 23.9 Å². The predicted octanol–water partition coefficient (Wildman–Crippen LogP) is 0.151. The minimum atomic E-state index is -1.35. The van der Waals surface area contributed by atoms with Crippen molar-refractivity contribution in [1.29, 1.82) is 5.41 Å². The number of carbonyl (C=O) groups is 3. The Labute approximate surface area is 148 Å². The van der Waals surface area contributed by atoms with Gasteiger partial charge in [0.15, 0.2) is 5.78 Å². The zero-order chi connectivity index (χ0) is 18.8. The predicted molar refractivity (Wildman–Crippen MR) is 97.5 cm³/mol. The van der Waals surface area contributed by atoms with Gasteiger partial charge >= 0.3 is 5.97 Å². The molecule has 0 aliphatic rings. The lowest BCUT2D eigenvalue weighted by Gasteiger charge is -2.31. The second kappa shape index (κ2) is 11.3. The summed E-state index contributed by atoms with van der Waals surface area (Å²) in [6.45, 7) is 3.42. The van der Waals surface area contributed by atoms with Gasteiger partial charge in [-0.15, -0.1) is 0 Å². The Bertz CT molecular complexity index is 461. The minimum Gasteiger partial charge on any atom is -0.462 e. The molecule has 7 nitrogen and oxygen atoms in total. The van der Waals surface area contributed by atoms with Crippen LogP contribution in [0.5, 0.6) is 0 Å². The largest absolute Gasteiger partial charge is 0.462 e. The molecule has 0 aromatic carbocycles. The number of thioether (sulfide) groups is 1. The van der Waals surface area contributed by atoms with Gasteiger partial charge < -0.3 is 20.2 Å². The van der Waals surface area contributed by atoms with E-state index in [1.54, 1.807) is 25.6 Å². The SMILES string of the molecule is BC(CCC(=O)C=N)(NC(=O)[C@H](CCSC)OC)C(=O)OC(C)C. The van der Waals surface area contributed by atoms with Crippen molar-refractivity contribution in [2.24, 2.45) is 0 Å². The Balaban J connectivity index is 5.15. The summed E-state index contributed by atoms with van der Waals surface area (Å²) in [4.78, 5) is 36.2. The summed E-state index contributed by atoms with van der Waals surface area (Å²) in [7, 11) is 2.96. The van der Waals surface area contributed by atoms with Crippen molar-refractivity contribution >= 4 is 43.5 Å². The van der Waals surface area contributed by atoms with Crippen molar-refractivity contribution in [2.75, 3.05) is 19.1 Å². The summed E-state index contributed by atoms with van der Waals surface area (Å²) in [5.74, 6) is -0.704. The number of carbonyl (C=O) groups excluding carboxylic acids is 3. The molecule has 0 aromatic rings. The van der Waals surface area contributed by atoms with E-state index in [9.17, 15) is 14.4 Å². The first-order chi connectivity index (χ1) is 11.2. The molecular formula is C15H27BN2O5S. The molecule has 0 rings (SSSR count). The maximum absolute atomic E-state index is 12.4. The highest BCUT2D eigenvalue weighted by Crippen LogP contribution is 2.15. The summed E-state index contributed by atoms with van der Waals surface area (Å²) in [5.41, 5.74) is -1.35. The highest BCUT2D eigenvalue weighted by atomic mass is 32.2. The molecule has 136 valence electrons. The second-order valence-corrected chi connectivity index (χ2v) is 6.88. The zero-order valence-electron chi connectivity index (χ0n) is 15.0. The van der Waals surface area contributed by atoms with Crippen LogP contribution >= 0.6 is 11.8 Å². The normalized spacial score (nSPS) is 14.5. The number of methoxy groups -OCH3 is 1. The lowest BCUT2D eigenvalue weighted by Crippen LogP contribution is -2.59. The summed E-state index contributed by atoms with van der Waals surface area (Å²) < 4.78 is 10.4.